The Balaban J connectivity index is 1.98. The Labute approximate surface area is 174 Å². The highest BCUT2D eigenvalue weighted by atomic mass is 19.1. The fourth-order valence-corrected chi connectivity index (χ4v) is 2.81. The minimum absolute atomic E-state index is 0.0299. The molecule has 160 valence electrons. The number of nitrogens with two attached hydrogens (primary N) is 1. The van der Waals surface area contributed by atoms with Gasteiger partial charge in [0.1, 0.15) is 24.5 Å². The smallest absolute Gasteiger partial charge is 0.408 e. The highest BCUT2D eigenvalue weighted by Crippen LogP contribution is 2.09. The fraction of sp³-hybridized carbons (Fsp3) is 0.318. The molecule has 2 aromatic carbocycles. The number of hydrogen-bond donors (Lipinski definition) is 3. The van der Waals surface area contributed by atoms with Gasteiger partial charge in [-0.25, -0.2) is 9.18 Å². The van der Waals surface area contributed by atoms with Crippen LogP contribution in [0.4, 0.5) is 9.18 Å². The lowest BCUT2D eigenvalue weighted by Crippen LogP contribution is -2.55. The molecule has 2 atom stereocenters. The third kappa shape index (κ3) is 7.20. The number of amides is 3. The standard InChI is InChI=1S/C22H26FN3O4/c1-14(2)19(26-22(29)30-13-15-7-4-3-5-8-15)21(28)25-18(20(24)27)12-16-9-6-10-17(23)11-16/h3-11,14,18-19H,12-13H2,1-2H3,(H2,24,27)(H,25,28)(H,26,29)/t18-,19-/m0/s1. The molecule has 4 N–H and O–H groups in total. The van der Waals surface area contributed by atoms with Gasteiger partial charge in [-0.15, -0.1) is 0 Å². The molecule has 0 aliphatic rings. The van der Waals surface area contributed by atoms with Gasteiger partial charge in [0, 0.05) is 6.42 Å². The van der Waals surface area contributed by atoms with Gasteiger partial charge >= 0.3 is 6.09 Å². The number of halogens is 1. The van der Waals surface area contributed by atoms with E-state index in [0.717, 1.165) is 5.56 Å². The summed E-state index contributed by atoms with van der Waals surface area (Å²) in [6.45, 7) is 3.55. The lowest BCUT2D eigenvalue weighted by Gasteiger charge is -2.24. The molecule has 30 heavy (non-hydrogen) atoms. The number of carbonyl (C=O) groups is 3. The van der Waals surface area contributed by atoms with Crippen molar-refractivity contribution in [3.8, 4) is 0 Å². The predicted molar refractivity (Wildman–Crippen MR) is 110 cm³/mol. The second-order valence-corrected chi connectivity index (χ2v) is 7.23. The average Bonchev–Trinajstić information content (AvgIpc) is 2.70. The van der Waals surface area contributed by atoms with Crippen molar-refractivity contribution in [1.29, 1.82) is 0 Å². The number of carbonyl (C=O) groups excluding carboxylic acids is 3. The highest BCUT2D eigenvalue weighted by Gasteiger charge is 2.28. The van der Waals surface area contributed by atoms with E-state index in [2.05, 4.69) is 10.6 Å². The molecule has 0 saturated heterocycles. The van der Waals surface area contributed by atoms with Gasteiger partial charge in [-0.05, 0) is 29.2 Å². The fourth-order valence-electron chi connectivity index (χ4n) is 2.81. The van der Waals surface area contributed by atoms with E-state index in [1.54, 1.807) is 19.9 Å². The van der Waals surface area contributed by atoms with Crippen LogP contribution in [0.5, 0.6) is 0 Å². The molecule has 0 spiro atoms. The molecule has 0 aliphatic carbocycles. The average molecular weight is 415 g/mol. The molecule has 0 aliphatic heterocycles. The van der Waals surface area contributed by atoms with E-state index in [4.69, 9.17) is 10.5 Å². The molecule has 0 heterocycles. The highest BCUT2D eigenvalue weighted by molar-refractivity contribution is 5.91. The first-order valence-corrected chi connectivity index (χ1v) is 9.57. The first-order chi connectivity index (χ1) is 14.3. The summed E-state index contributed by atoms with van der Waals surface area (Å²) in [5.74, 6) is -2.08. The van der Waals surface area contributed by atoms with Gasteiger partial charge < -0.3 is 21.1 Å². The Kier molecular flexibility index (Phi) is 8.34. The molecular weight excluding hydrogens is 389 g/mol. The van der Waals surface area contributed by atoms with Crippen molar-refractivity contribution in [1.82, 2.24) is 10.6 Å². The van der Waals surface area contributed by atoms with Crippen molar-refractivity contribution < 1.29 is 23.5 Å². The van der Waals surface area contributed by atoms with Crippen LogP contribution in [0.1, 0.15) is 25.0 Å². The molecule has 2 rings (SSSR count). The van der Waals surface area contributed by atoms with Crippen LogP contribution in [0.2, 0.25) is 0 Å². The number of primary amides is 1. The van der Waals surface area contributed by atoms with Crippen LogP contribution in [0, 0.1) is 11.7 Å². The van der Waals surface area contributed by atoms with E-state index >= 15 is 0 Å². The topological polar surface area (TPSA) is 111 Å². The van der Waals surface area contributed by atoms with E-state index in [1.165, 1.54) is 18.2 Å². The molecule has 0 saturated carbocycles. The maximum Gasteiger partial charge on any atom is 0.408 e. The first kappa shape index (κ1) is 22.9. The minimum atomic E-state index is -1.05. The molecular formula is C22H26FN3O4. The Hall–Kier alpha value is -3.42. The molecule has 7 nitrogen and oxygen atoms in total. The second kappa shape index (κ2) is 10.9. The predicted octanol–water partition coefficient (Wildman–Crippen LogP) is 2.29. The third-order valence-electron chi connectivity index (χ3n) is 4.42. The van der Waals surface area contributed by atoms with E-state index < -0.39 is 35.8 Å². The number of alkyl carbamates (subject to hydrolysis) is 1. The van der Waals surface area contributed by atoms with Crippen LogP contribution >= 0.6 is 0 Å². The summed E-state index contributed by atoms with van der Waals surface area (Å²) in [6.07, 6.45) is -0.726. The van der Waals surface area contributed by atoms with Gasteiger partial charge in [0.15, 0.2) is 0 Å². The van der Waals surface area contributed by atoms with E-state index in [9.17, 15) is 18.8 Å². The van der Waals surface area contributed by atoms with E-state index in [0.29, 0.717) is 5.56 Å². The minimum Gasteiger partial charge on any atom is -0.445 e. The van der Waals surface area contributed by atoms with Crippen molar-refractivity contribution in [2.75, 3.05) is 0 Å². The third-order valence-corrected chi connectivity index (χ3v) is 4.42. The van der Waals surface area contributed by atoms with Crippen LogP contribution in [0.15, 0.2) is 54.6 Å². The Morgan fingerprint density at radius 1 is 1.00 bits per heavy atom. The molecule has 0 bridgehead atoms. The zero-order valence-corrected chi connectivity index (χ0v) is 16.9. The van der Waals surface area contributed by atoms with E-state index in [-0.39, 0.29) is 18.9 Å². The van der Waals surface area contributed by atoms with Gasteiger partial charge in [-0.3, -0.25) is 9.59 Å². The number of nitrogens with one attached hydrogen (secondary N) is 2. The van der Waals surface area contributed by atoms with Crippen molar-refractivity contribution >= 4 is 17.9 Å². The van der Waals surface area contributed by atoms with Crippen LogP contribution in [0.25, 0.3) is 0 Å². The van der Waals surface area contributed by atoms with Crippen molar-refractivity contribution in [2.24, 2.45) is 11.7 Å². The molecule has 0 radical (unpaired) electrons. The van der Waals surface area contributed by atoms with Crippen LogP contribution in [0.3, 0.4) is 0 Å². The molecule has 3 amide bonds. The SMILES string of the molecule is CC(C)[C@H](NC(=O)OCc1ccccc1)C(=O)N[C@@H](Cc1cccc(F)c1)C(N)=O. The lowest BCUT2D eigenvalue weighted by molar-refractivity contribution is -0.129. The van der Waals surface area contributed by atoms with Crippen LogP contribution < -0.4 is 16.4 Å². The summed E-state index contributed by atoms with van der Waals surface area (Å²) in [6, 6.07) is 12.8. The summed E-state index contributed by atoms with van der Waals surface area (Å²) < 4.78 is 18.5. The number of benzene rings is 2. The monoisotopic (exact) mass is 415 g/mol. The van der Waals surface area contributed by atoms with Crippen molar-refractivity contribution in [2.45, 2.75) is 39.0 Å². The van der Waals surface area contributed by atoms with Gasteiger partial charge in [0.2, 0.25) is 11.8 Å². The largest absolute Gasteiger partial charge is 0.445 e. The summed E-state index contributed by atoms with van der Waals surface area (Å²) >= 11 is 0. The summed E-state index contributed by atoms with van der Waals surface area (Å²) in [5.41, 5.74) is 6.72. The van der Waals surface area contributed by atoms with E-state index in [1.807, 2.05) is 30.3 Å². The van der Waals surface area contributed by atoms with Gasteiger partial charge in [0.05, 0.1) is 0 Å². The molecule has 0 fully saturated rings. The van der Waals surface area contributed by atoms with Crippen molar-refractivity contribution in [3.05, 3.63) is 71.5 Å². The molecule has 2 aromatic rings. The molecule has 0 aromatic heterocycles. The van der Waals surface area contributed by atoms with Crippen LogP contribution in [-0.2, 0) is 27.4 Å². The van der Waals surface area contributed by atoms with Crippen LogP contribution in [-0.4, -0.2) is 30.0 Å². The summed E-state index contributed by atoms with van der Waals surface area (Å²) in [4.78, 5) is 36.6. The zero-order chi connectivity index (χ0) is 22.1. The molecule has 8 heteroatoms. The number of rotatable bonds is 9. The normalized spacial score (nSPS) is 12.7. The van der Waals surface area contributed by atoms with Gasteiger partial charge in [-0.1, -0.05) is 56.3 Å². The number of hydrogen-bond acceptors (Lipinski definition) is 4. The summed E-state index contributed by atoms with van der Waals surface area (Å²) in [5, 5.41) is 5.06. The number of ether oxygens (including phenoxy) is 1. The van der Waals surface area contributed by atoms with Gasteiger partial charge in [0.25, 0.3) is 0 Å². The molecule has 0 unspecified atom stereocenters. The summed E-state index contributed by atoms with van der Waals surface area (Å²) in [7, 11) is 0. The lowest BCUT2D eigenvalue weighted by atomic mass is 10.0. The second-order valence-electron chi connectivity index (χ2n) is 7.23. The first-order valence-electron chi connectivity index (χ1n) is 9.57. The Morgan fingerprint density at radius 2 is 1.67 bits per heavy atom. The maximum absolute atomic E-state index is 13.4. The Bertz CT molecular complexity index is 874. The van der Waals surface area contributed by atoms with Crippen molar-refractivity contribution in [3.63, 3.8) is 0 Å². The zero-order valence-electron chi connectivity index (χ0n) is 16.9. The maximum atomic E-state index is 13.4. The van der Waals surface area contributed by atoms with Gasteiger partial charge in [-0.2, -0.15) is 0 Å². The Morgan fingerprint density at radius 3 is 2.27 bits per heavy atom. The quantitative estimate of drug-likeness (QED) is 0.584.